The van der Waals surface area contributed by atoms with E-state index >= 15 is 0 Å². The Morgan fingerprint density at radius 1 is 1.24 bits per heavy atom. The molecule has 1 rings (SSSR count). The molecule has 1 aromatic rings. The van der Waals surface area contributed by atoms with E-state index in [1.54, 1.807) is 6.92 Å². The molecule has 0 aliphatic carbocycles. The van der Waals surface area contributed by atoms with Crippen LogP contribution in [0.1, 0.15) is 36.5 Å². The fourth-order valence-electron chi connectivity index (χ4n) is 2.38. The monoisotopic (exact) mass is 409 g/mol. The van der Waals surface area contributed by atoms with Gasteiger partial charge in [-0.3, -0.25) is 14.4 Å². The molecule has 1 radical (unpaired) electrons. The highest BCUT2D eigenvalue weighted by Crippen LogP contribution is 2.04. The predicted molar refractivity (Wildman–Crippen MR) is 106 cm³/mol. The van der Waals surface area contributed by atoms with Gasteiger partial charge in [0.25, 0.3) is 5.91 Å². The van der Waals surface area contributed by atoms with Crippen LogP contribution in [0.25, 0.3) is 0 Å². The van der Waals surface area contributed by atoms with Gasteiger partial charge in [0.15, 0.2) is 0 Å². The molecule has 0 aromatic heterocycles. The van der Waals surface area contributed by atoms with E-state index in [4.69, 9.17) is 15.9 Å². The van der Waals surface area contributed by atoms with Crippen LogP contribution in [0.2, 0.25) is 0 Å². The molecule has 0 saturated carbocycles. The van der Waals surface area contributed by atoms with Gasteiger partial charge in [-0.25, -0.2) is 4.39 Å². The van der Waals surface area contributed by atoms with E-state index in [0.29, 0.717) is 25.8 Å². The maximum Gasteiger partial charge on any atom is 0.326 e. The number of hydrogen-bond donors (Lipinski definition) is 6. The van der Waals surface area contributed by atoms with E-state index in [-0.39, 0.29) is 36.1 Å². The Morgan fingerprint density at radius 2 is 1.97 bits per heavy atom. The van der Waals surface area contributed by atoms with E-state index in [9.17, 15) is 18.8 Å². The van der Waals surface area contributed by atoms with Crippen molar-refractivity contribution >= 4 is 30.7 Å². The molecule has 1 aromatic carbocycles. The van der Waals surface area contributed by atoms with Crippen molar-refractivity contribution in [2.45, 2.75) is 38.3 Å². The third-order valence-corrected chi connectivity index (χ3v) is 4.15. The van der Waals surface area contributed by atoms with Gasteiger partial charge in [-0.05, 0) is 38.3 Å². The number of hydrogen-bond acceptors (Lipinski definition) is 6. The van der Waals surface area contributed by atoms with E-state index in [1.165, 1.54) is 12.1 Å². The lowest BCUT2D eigenvalue weighted by Gasteiger charge is -2.15. The van der Waals surface area contributed by atoms with Crippen molar-refractivity contribution in [3.05, 3.63) is 29.6 Å². The van der Waals surface area contributed by atoms with Gasteiger partial charge in [0, 0.05) is 19.1 Å². The molecule has 9 nitrogen and oxygen atoms in total. The predicted octanol–water partition coefficient (Wildman–Crippen LogP) is -1.53. The van der Waals surface area contributed by atoms with Crippen molar-refractivity contribution in [1.82, 2.24) is 16.0 Å². The summed E-state index contributed by atoms with van der Waals surface area (Å²) >= 11 is 0. The Labute approximate surface area is 169 Å². The lowest BCUT2D eigenvalue weighted by molar-refractivity contribution is -0.138. The summed E-state index contributed by atoms with van der Waals surface area (Å²) in [4.78, 5) is 34.4. The summed E-state index contributed by atoms with van der Waals surface area (Å²) in [5.74, 6) is -2.60. The van der Waals surface area contributed by atoms with E-state index in [0.717, 1.165) is 13.5 Å². The Kier molecular flexibility index (Phi) is 10.9. The topological polar surface area (TPSA) is 154 Å². The van der Waals surface area contributed by atoms with Gasteiger partial charge in [0.1, 0.15) is 11.9 Å². The summed E-state index contributed by atoms with van der Waals surface area (Å²) in [5.41, 5.74) is 5.51. The number of benzene rings is 1. The standard InChI is InChI=1S/C18H27BFN4O5/c1-11(9-24-17(26)13-6-5-12(19-29)8-14(13)20)23-10-16(25)22-7-3-2-4-15(21)18(27)28/h5-6,8,11,15,23,29H,2-4,7,9-10,21H2,1H3,(H,22,25)(H,24,26)(H,27,28)/t11-,15+/m1/s1. The number of carboxylic acid groups (broad SMARTS) is 1. The zero-order chi connectivity index (χ0) is 21.8. The highest BCUT2D eigenvalue weighted by Gasteiger charge is 2.14. The molecule has 0 unspecified atom stereocenters. The normalized spacial score (nSPS) is 12.7. The summed E-state index contributed by atoms with van der Waals surface area (Å²) in [6.07, 6.45) is 1.57. The molecule has 0 fully saturated rings. The molecule has 2 atom stereocenters. The van der Waals surface area contributed by atoms with Crippen LogP contribution in [-0.4, -0.2) is 67.1 Å². The van der Waals surface area contributed by atoms with Crippen LogP contribution in [0.4, 0.5) is 4.39 Å². The number of nitrogens with two attached hydrogens (primary N) is 1. The Balaban J connectivity index is 2.21. The number of carbonyl (C=O) groups excluding carboxylic acids is 2. The average molecular weight is 409 g/mol. The first-order chi connectivity index (χ1) is 13.7. The highest BCUT2D eigenvalue weighted by molar-refractivity contribution is 6.45. The number of unbranched alkanes of at least 4 members (excludes halogenated alkanes) is 1. The number of amides is 2. The zero-order valence-corrected chi connectivity index (χ0v) is 16.3. The van der Waals surface area contributed by atoms with E-state index in [1.807, 2.05) is 0 Å². The molecular weight excluding hydrogens is 382 g/mol. The molecule has 0 spiro atoms. The van der Waals surface area contributed by atoms with Crippen LogP contribution in [0.3, 0.4) is 0 Å². The number of halogens is 1. The minimum Gasteiger partial charge on any atom is -0.480 e. The van der Waals surface area contributed by atoms with Crippen LogP contribution < -0.4 is 27.1 Å². The van der Waals surface area contributed by atoms with Crippen molar-refractivity contribution < 1.29 is 28.9 Å². The molecule has 0 aliphatic rings. The summed E-state index contributed by atoms with van der Waals surface area (Å²) in [7, 11) is 0.743. The van der Waals surface area contributed by atoms with Crippen molar-refractivity contribution in [2.24, 2.45) is 5.73 Å². The minimum atomic E-state index is -1.04. The number of aliphatic carboxylic acids is 1. The summed E-state index contributed by atoms with van der Waals surface area (Å²) in [6.45, 7) is 2.41. The van der Waals surface area contributed by atoms with Gasteiger partial charge >= 0.3 is 13.5 Å². The molecular formula is C18H27BFN4O5. The number of carbonyl (C=O) groups is 3. The third kappa shape index (κ3) is 9.50. The first-order valence-electron chi connectivity index (χ1n) is 9.28. The van der Waals surface area contributed by atoms with Crippen LogP contribution >= 0.6 is 0 Å². The summed E-state index contributed by atoms with van der Waals surface area (Å²) < 4.78 is 13.8. The zero-order valence-electron chi connectivity index (χ0n) is 16.3. The Morgan fingerprint density at radius 3 is 2.59 bits per heavy atom. The molecule has 0 bridgehead atoms. The average Bonchev–Trinajstić information content (AvgIpc) is 2.69. The largest absolute Gasteiger partial charge is 0.480 e. The molecule has 29 heavy (non-hydrogen) atoms. The number of rotatable bonds is 13. The molecule has 2 amide bonds. The number of nitrogens with one attached hydrogen (secondary N) is 3. The molecule has 11 heteroatoms. The molecule has 0 saturated heterocycles. The maximum atomic E-state index is 13.8. The van der Waals surface area contributed by atoms with Crippen molar-refractivity contribution in [1.29, 1.82) is 0 Å². The minimum absolute atomic E-state index is 0.0427. The SMILES string of the molecule is C[C@H](CNC(=O)c1ccc([B]O)cc1F)NCC(=O)NCCCC[C@H](N)C(=O)O. The first kappa shape index (κ1) is 24.5. The van der Waals surface area contributed by atoms with Gasteiger partial charge < -0.3 is 31.8 Å². The van der Waals surface area contributed by atoms with Crippen molar-refractivity contribution in [3.63, 3.8) is 0 Å². The highest BCUT2D eigenvalue weighted by atomic mass is 19.1. The molecule has 7 N–H and O–H groups in total. The Bertz CT molecular complexity index is 707. The second-order valence-electron chi connectivity index (χ2n) is 6.65. The van der Waals surface area contributed by atoms with Gasteiger partial charge in [0.05, 0.1) is 12.1 Å². The third-order valence-electron chi connectivity index (χ3n) is 4.15. The van der Waals surface area contributed by atoms with Gasteiger partial charge in [0.2, 0.25) is 5.91 Å². The fraction of sp³-hybridized carbons (Fsp3) is 0.500. The van der Waals surface area contributed by atoms with Gasteiger partial charge in [-0.1, -0.05) is 11.5 Å². The number of carboxylic acids is 1. The second kappa shape index (κ2) is 12.9. The summed E-state index contributed by atoms with van der Waals surface area (Å²) in [5, 5.41) is 25.7. The molecule has 0 heterocycles. The van der Waals surface area contributed by atoms with Crippen molar-refractivity contribution in [3.8, 4) is 0 Å². The lowest BCUT2D eigenvalue weighted by Crippen LogP contribution is -2.43. The van der Waals surface area contributed by atoms with Crippen molar-refractivity contribution in [2.75, 3.05) is 19.6 Å². The van der Waals surface area contributed by atoms with E-state index < -0.39 is 23.7 Å². The van der Waals surface area contributed by atoms with Gasteiger partial charge in [-0.2, -0.15) is 0 Å². The molecule has 159 valence electrons. The van der Waals surface area contributed by atoms with Crippen LogP contribution in [0.15, 0.2) is 18.2 Å². The summed E-state index contributed by atoms with van der Waals surface area (Å²) in [6, 6.07) is 2.63. The fourth-order valence-corrected chi connectivity index (χ4v) is 2.38. The molecule has 0 aliphatic heterocycles. The quantitative estimate of drug-likeness (QED) is 0.171. The van der Waals surface area contributed by atoms with Gasteiger partial charge in [-0.15, -0.1) is 0 Å². The van der Waals surface area contributed by atoms with Crippen LogP contribution in [0, 0.1) is 5.82 Å². The van der Waals surface area contributed by atoms with E-state index in [2.05, 4.69) is 16.0 Å². The first-order valence-corrected chi connectivity index (χ1v) is 9.28. The maximum absolute atomic E-state index is 13.8. The smallest absolute Gasteiger partial charge is 0.326 e. The second-order valence-corrected chi connectivity index (χ2v) is 6.65. The van der Waals surface area contributed by atoms with Crippen LogP contribution in [-0.2, 0) is 9.59 Å². The van der Waals surface area contributed by atoms with Crippen LogP contribution in [0.5, 0.6) is 0 Å². The lowest BCUT2D eigenvalue weighted by atomic mass is 9.88. The Hall–Kier alpha value is -2.50.